The van der Waals surface area contributed by atoms with Crippen LogP contribution in [-0.2, 0) is 4.74 Å². The Balaban J connectivity index is 3.56. The first kappa shape index (κ1) is 9.92. The highest BCUT2D eigenvalue weighted by Gasteiger charge is 2.16. The summed E-state index contributed by atoms with van der Waals surface area (Å²) in [5, 5.41) is 0. The maximum Gasteiger partial charge on any atom is 0.100 e. The van der Waals surface area contributed by atoms with E-state index in [0.717, 1.165) is 6.23 Å². The molecule has 0 spiro atoms. The van der Waals surface area contributed by atoms with Gasteiger partial charge in [-0.05, 0) is 13.8 Å². The van der Waals surface area contributed by atoms with Crippen LogP contribution in [0.4, 0.5) is 0 Å². The zero-order chi connectivity index (χ0) is 8.20. The van der Waals surface area contributed by atoms with Crippen LogP contribution in [0.2, 0.25) is 13.1 Å². The summed E-state index contributed by atoms with van der Waals surface area (Å²) >= 11 is 0. The van der Waals surface area contributed by atoms with Crippen molar-refractivity contribution >= 4 is 8.07 Å². The predicted octanol–water partition coefficient (Wildman–Crippen LogP) is 2.38. The van der Waals surface area contributed by atoms with Gasteiger partial charge in [0.05, 0.1) is 6.10 Å². The van der Waals surface area contributed by atoms with Gasteiger partial charge < -0.3 is 4.74 Å². The monoisotopic (exact) mass is 158 g/mol. The Kier molecular flexibility index (Phi) is 3.90. The van der Waals surface area contributed by atoms with E-state index in [-0.39, 0.29) is 0 Å². The van der Waals surface area contributed by atoms with Gasteiger partial charge in [-0.25, -0.2) is 0 Å². The fraction of sp³-hybridized carbons (Fsp3) is 0.750. The molecular formula is C8H18OSi. The van der Waals surface area contributed by atoms with E-state index in [2.05, 4.69) is 39.2 Å². The van der Waals surface area contributed by atoms with Gasteiger partial charge >= 0.3 is 0 Å². The van der Waals surface area contributed by atoms with Crippen LogP contribution in [0.5, 0.6) is 0 Å². The minimum atomic E-state index is -1.20. The molecular weight excluding hydrogens is 140 g/mol. The summed E-state index contributed by atoms with van der Waals surface area (Å²) in [4.78, 5) is 0. The molecule has 0 rings (SSSR count). The van der Waals surface area contributed by atoms with E-state index in [1.165, 1.54) is 0 Å². The molecule has 0 aromatic carbocycles. The minimum Gasteiger partial charge on any atom is -0.382 e. The number of ether oxygens (including phenoxy) is 1. The molecule has 0 aliphatic carbocycles. The van der Waals surface area contributed by atoms with Gasteiger partial charge in [0, 0.05) is 6.23 Å². The van der Waals surface area contributed by atoms with Crippen LogP contribution in [0.1, 0.15) is 13.8 Å². The first-order valence-corrected chi connectivity index (χ1v) is 7.01. The average molecular weight is 158 g/mol. The van der Waals surface area contributed by atoms with E-state index in [4.69, 9.17) is 4.74 Å². The molecule has 0 saturated carbocycles. The lowest BCUT2D eigenvalue weighted by atomic mass is 10.5. The lowest BCUT2D eigenvalue weighted by Crippen LogP contribution is -2.31. The van der Waals surface area contributed by atoms with Gasteiger partial charge in [-0.15, -0.1) is 6.58 Å². The molecule has 0 aromatic heterocycles. The van der Waals surface area contributed by atoms with Crippen LogP contribution in [0.15, 0.2) is 12.3 Å². The van der Waals surface area contributed by atoms with Crippen molar-refractivity contribution in [1.82, 2.24) is 0 Å². The van der Waals surface area contributed by atoms with E-state index in [0.29, 0.717) is 6.10 Å². The van der Waals surface area contributed by atoms with Crippen molar-refractivity contribution in [2.45, 2.75) is 33.0 Å². The topological polar surface area (TPSA) is 9.23 Å². The SMILES string of the molecule is C=C[Si](C)(C)COC(C)C. The molecule has 0 aliphatic heterocycles. The van der Waals surface area contributed by atoms with Crippen molar-refractivity contribution < 1.29 is 4.74 Å². The number of hydrogen-bond acceptors (Lipinski definition) is 1. The minimum absolute atomic E-state index is 0.353. The standard InChI is InChI=1S/C8H18OSi/c1-6-10(4,5)7-9-8(2)3/h6,8H,1,7H2,2-5H3. The van der Waals surface area contributed by atoms with Gasteiger partial charge in [-0.3, -0.25) is 0 Å². The summed E-state index contributed by atoms with van der Waals surface area (Å²) in [6.45, 7) is 12.4. The van der Waals surface area contributed by atoms with Gasteiger partial charge in [0.1, 0.15) is 8.07 Å². The van der Waals surface area contributed by atoms with E-state index >= 15 is 0 Å². The molecule has 60 valence electrons. The van der Waals surface area contributed by atoms with Crippen molar-refractivity contribution in [2.75, 3.05) is 6.23 Å². The first-order valence-electron chi connectivity index (χ1n) is 3.73. The van der Waals surface area contributed by atoms with E-state index in [1.807, 2.05) is 0 Å². The Labute approximate surface area is 65.1 Å². The van der Waals surface area contributed by atoms with Gasteiger partial charge in [0.15, 0.2) is 0 Å². The molecule has 2 heteroatoms. The summed E-state index contributed by atoms with van der Waals surface area (Å²) in [6.07, 6.45) is 1.25. The highest BCUT2D eigenvalue weighted by atomic mass is 28.3. The third-order valence-corrected chi connectivity index (χ3v) is 3.36. The Hall–Kier alpha value is -0.0831. The van der Waals surface area contributed by atoms with Crippen LogP contribution in [-0.4, -0.2) is 20.4 Å². The Morgan fingerprint density at radius 2 is 2.00 bits per heavy atom. The normalized spacial score (nSPS) is 12.1. The molecule has 0 unspecified atom stereocenters. The molecule has 0 amide bonds. The maximum atomic E-state index is 5.49. The fourth-order valence-corrected chi connectivity index (χ4v) is 1.32. The van der Waals surface area contributed by atoms with Gasteiger partial charge in [0.2, 0.25) is 0 Å². The van der Waals surface area contributed by atoms with Gasteiger partial charge in [0.25, 0.3) is 0 Å². The molecule has 0 N–H and O–H groups in total. The molecule has 0 atom stereocenters. The molecule has 0 aliphatic rings. The Bertz CT molecular complexity index is 108. The molecule has 0 saturated heterocycles. The molecule has 0 heterocycles. The maximum absolute atomic E-state index is 5.49. The summed E-state index contributed by atoms with van der Waals surface area (Å²) in [5.74, 6) is 0. The summed E-state index contributed by atoms with van der Waals surface area (Å²) < 4.78 is 5.49. The average Bonchev–Trinajstić information content (AvgIpc) is 1.85. The van der Waals surface area contributed by atoms with Gasteiger partial charge in [-0.1, -0.05) is 18.8 Å². The summed E-state index contributed by atoms with van der Waals surface area (Å²) in [7, 11) is -1.20. The molecule has 0 radical (unpaired) electrons. The molecule has 1 nitrogen and oxygen atoms in total. The van der Waals surface area contributed by atoms with Crippen molar-refractivity contribution in [1.29, 1.82) is 0 Å². The predicted molar refractivity (Wildman–Crippen MR) is 48.8 cm³/mol. The van der Waals surface area contributed by atoms with Crippen LogP contribution < -0.4 is 0 Å². The second kappa shape index (κ2) is 3.94. The molecule has 0 fully saturated rings. The molecule has 0 aromatic rings. The quantitative estimate of drug-likeness (QED) is 0.571. The number of hydrogen-bond donors (Lipinski definition) is 0. The second-order valence-electron chi connectivity index (χ2n) is 3.55. The van der Waals surface area contributed by atoms with Crippen molar-refractivity contribution in [2.24, 2.45) is 0 Å². The zero-order valence-corrected chi connectivity index (χ0v) is 8.48. The lowest BCUT2D eigenvalue weighted by Gasteiger charge is -2.18. The van der Waals surface area contributed by atoms with Crippen LogP contribution in [0.3, 0.4) is 0 Å². The lowest BCUT2D eigenvalue weighted by molar-refractivity contribution is 0.112. The first-order chi connectivity index (χ1) is 4.48. The summed E-state index contributed by atoms with van der Waals surface area (Å²) in [5.41, 5.74) is 2.06. The van der Waals surface area contributed by atoms with E-state index in [9.17, 15) is 0 Å². The van der Waals surface area contributed by atoms with Crippen LogP contribution >= 0.6 is 0 Å². The van der Waals surface area contributed by atoms with E-state index < -0.39 is 8.07 Å². The van der Waals surface area contributed by atoms with Gasteiger partial charge in [-0.2, -0.15) is 0 Å². The van der Waals surface area contributed by atoms with Crippen LogP contribution in [0.25, 0.3) is 0 Å². The van der Waals surface area contributed by atoms with Crippen molar-refractivity contribution in [3.8, 4) is 0 Å². The highest BCUT2D eigenvalue weighted by Crippen LogP contribution is 2.04. The number of rotatable bonds is 4. The highest BCUT2D eigenvalue weighted by molar-refractivity contribution is 6.82. The van der Waals surface area contributed by atoms with Crippen LogP contribution in [0, 0.1) is 0 Å². The fourth-order valence-electron chi connectivity index (χ4n) is 0.440. The van der Waals surface area contributed by atoms with E-state index in [1.54, 1.807) is 0 Å². The molecule has 10 heavy (non-hydrogen) atoms. The second-order valence-corrected chi connectivity index (χ2v) is 8.23. The van der Waals surface area contributed by atoms with Crippen molar-refractivity contribution in [3.63, 3.8) is 0 Å². The summed E-state index contributed by atoms with van der Waals surface area (Å²) in [6, 6.07) is 0. The largest absolute Gasteiger partial charge is 0.382 e. The van der Waals surface area contributed by atoms with Crippen molar-refractivity contribution in [3.05, 3.63) is 12.3 Å². The Morgan fingerprint density at radius 1 is 1.50 bits per heavy atom. The molecule has 0 bridgehead atoms. The smallest absolute Gasteiger partial charge is 0.100 e. The third-order valence-electron chi connectivity index (χ3n) is 1.34. The third kappa shape index (κ3) is 4.76. The Morgan fingerprint density at radius 3 is 2.30 bits per heavy atom. The zero-order valence-electron chi connectivity index (χ0n) is 7.48.